The van der Waals surface area contributed by atoms with Gasteiger partial charge in [-0.2, -0.15) is 0 Å². The summed E-state index contributed by atoms with van der Waals surface area (Å²) in [5.41, 5.74) is 7.34. The Labute approximate surface area is 116 Å². The monoisotopic (exact) mass is 275 g/mol. The molecule has 1 amide bonds. The molecule has 0 spiro atoms. The molecule has 0 aliphatic carbocycles. The van der Waals surface area contributed by atoms with Crippen molar-refractivity contribution in [1.29, 1.82) is 0 Å². The number of carbonyl (C=O) groups excluding carboxylic acids is 1. The van der Waals surface area contributed by atoms with Crippen LogP contribution >= 0.6 is 11.6 Å². The molecule has 3 N–H and O–H groups in total. The van der Waals surface area contributed by atoms with E-state index in [2.05, 4.69) is 10.3 Å². The van der Waals surface area contributed by atoms with Gasteiger partial charge in [-0.3, -0.25) is 9.78 Å². The summed E-state index contributed by atoms with van der Waals surface area (Å²) in [6, 6.07) is 10.2. The maximum Gasteiger partial charge on any atom is 0.251 e. The topological polar surface area (TPSA) is 68.0 Å². The number of hydrogen-bond acceptors (Lipinski definition) is 3. The van der Waals surface area contributed by atoms with Crippen LogP contribution in [0.2, 0.25) is 5.02 Å². The van der Waals surface area contributed by atoms with Crippen LogP contribution in [0.3, 0.4) is 0 Å². The molecule has 0 aliphatic rings. The van der Waals surface area contributed by atoms with Gasteiger partial charge in [0.15, 0.2) is 0 Å². The summed E-state index contributed by atoms with van der Waals surface area (Å²) >= 11 is 5.89. The third-order valence-corrected chi connectivity index (χ3v) is 3.07. The molecule has 0 bridgehead atoms. The zero-order valence-corrected chi connectivity index (χ0v) is 11.2. The molecule has 2 rings (SSSR count). The second-order valence-electron chi connectivity index (χ2n) is 4.19. The summed E-state index contributed by atoms with van der Waals surface area (Å²) in [5, 5.41) is 3.23. The molecule has 0 fully saturated rings. The van der Waals surface area contributed by atoms with E-state index in [4.69, 9.17) is 17.3 Å². The fourth-order valence-electron chi connectivity index (χ4n) is 1.65. The molecule has 19 heavy (non-hydrogen) atoms. The number of aromatic nitrogens is 1. The molecule has 1 heterocycles. The summed E-state index contributed by atoms with van der Waals surface area (Å²) in [4.78, 5) is 16.2. The number of rotatable bonds is 3. The van der Waals surface area contributed by atoms with Crippen LogP contribution in [-0.4, -0.2) is 10.9 Å². The lowest BCUT2D eigenvalue weighted by Crippen LogP contribution is -2.27. The number of carbonyl (C=O) groups is 1. The molecule has 2 aromatic rings. The van der Waals surface area contributed by atoms with Gasteiger partial charge in [-0.05, 0) is 37.3 Å². The van der Waals surface area contributed by atoms with Crippen LogP contribution in [0.5, 0.6) is 0 Å². The van der Waals surface area contributed by atoms with Crippen molar-refractivity contribution in [2.45, 2.75) is 13.0 Å². The number of amides is 1. The van der Waals surface area contributed by atoms with E-state index in [1.807, 2.05) is 25.1 Å². The smallest absolute Gasteiger partial charge is 0.251 e. The zero-order chi connectivity index (χ0) is 13.8. The van der Waals surface area contributed by atoms with Crippen molar-refractivity contribution in [1.82, 2.24) is 10.3 Å². The van der Waals surface area contributed by atoms with Crippen LogP contribution in [0, 0.1) is 0 Å². The highest BCUT2D eigenvalue weighted by molar-refractivity contribution is 6.33. The Hall–Kier alpha value is -2.07. The number of nitrogens with two attached hydrogens (primary N) is 1. The molecule has 0 radical (unpaired) electrons. The van der Waals surface area contributed by atoms with Gasteiger partial charge in [0, 0.05) is 11.8 Å². The van der Waals surface area contributed by atoms with Crippen LogP contribution in [0.1, 0.15) is 29.0 Å². The van der Waals surface area contributed by atoms with Gasteiger partial charge >= 0.3 is 0 Å². The second-order valence-corrected chi connectivity index (χ2v) is 4.59. The maximum atomic E-state index is 12.1. The number of nitrogens with one attached hydrogen (secondary N) is 1. The molecule has 0 saturated carbocycles. The van der Waals surface area contributed by atoms with Gasteiger partial charge in [0.2, 0.25) is 0 Å². The second kappa shape index (κ2) is 5.71. The SMILES string of the molecule is CC(NC(=O)c1ccc(N)c(Cl)c1)c1ccccn1. The fraction of sp³-hybridized carbons (Fsp3) is 0.143. The quantitative estimate of drug-likeness (QED) is 0.847. The lowest BCUT2D eigenvalue weighted by Gasteiger charge is -2.13. The first kappa shape index (κ1) is 13.4. The van der Waals surface area contributed by atoms with Crippen molar-refractivity contribution in [3.8, 4) is 0 Å². The first-order valence-electron chi connectivity index (χ1n) is 5.84. The molecule has 1 aromatic carbocycles. The van der Waals surface area contributed by atoms with Crippen molar-refractivity contribution >= 4 is 23.2 Å². The predicted molar refractivity (Wildman–Crippen MR) is 76.0 cm³/mol. The van der Waals surface area contributed by atoms with Gasteiger partial charge in [-0.1, -0.05) is 17.7 Å². The third kappa shape index (κ3) is 3.23. The van der Waals surface area contributed by atoms with Gasteiger partial charge < -0.3 is 11.1 Å². The maximum absolute atomic E-state index is 12.1. The number of hydrogen-bond donors (Lipinski definition) is 2. The molecule has 0 aliphatic heterocycles. The van der Waals surface area contributed by atoms with E-state index >= 15 is 0 Å². The molecule has 4 nitrogen and oxygen atoms in total. The van der Waals surface area contributed by atoms with Crippen LogP contribution in [0.25, 0.3) is 0 Å². The van der Waals surface area contributed by atoms with Gasteiger partial charge in [0.1, 0.15) is 0 Å². The fourth-order valence-corrected chi connectivity index (χ4v) is 1.83. The zero-order valence-electron chi connectivity index (χ0n) is 10.4. The largest absolute Gasteiger partial charge is 0.398 e. The highest BCUT2D eigenvalue weighted by atomic mass is 35.5. The van der Waals surface area contributed by atoms with Crippen molar-refractivity contribution < 1.29 is 4.79 Å². The highest BCUT2D eigenvalue weighted by Gasteiger charge is 2.12. The Morgan fingerprint density at radius 3 is 2.79 bits per heavy atom. The number of nitrogen functional groups attached to an aromatic ring is 1. The lowest BCUT2D eigenvalue weighted by molar-refractivity contribution is 0.0939. The molecule has 0 saturated heterocycles. The summed E-state index contributed by atoms with van der Waals surface area (Å²) in [7, 11) is 0. The van der Waals surface area contributed by atoms with Crippen LogP contribution in [0.4, 0.5) is 5.69 Å². The number of benzene rings is 1. The first-order chi connectivity index (χ1) is 9.08. The van der Waals surface area contributed by atoms with E-state index in [1.54, 1.807) is 24.4 Å². The van der Waals surface area contributed by atoms with E-state index in [9.17, 15) is 4.79 Å². The lowest BCUT2D eigenvalue weighted by atomic mass is 10.1. The number of anilines is 1. The molecule has 1 unspecified atom stereocenters. The molecule has 5 heteroatoms. The summed E-state index contributed by atoms with van der Waals surface area (Å²) in [6.07, 6.45) is 1.69. The van der Waals surface area contributed by atoms with E-state index in [1.165, 1.54) is 0 Å². The van der Waals surface area contributed by atoms with Crippen molar-refractivity contribution in [3.05, 3.63) is 58.9 Å². The molecule has 1 aromatic heterocycles. The van der Waals surface area contributed by atoms with Crippen molar-refractivity contribution in [2.24, 2.45) is 0 Å². The van der Waals surface area contributed by atoms with E-state index in [-0.39, 0.29) is 11.9 Å². The normalized spacial score (nSPS) is 11.9. The Bertz CT molecular complexity index is 586. The third-order valence-electron chi connectivity index (χ3n) is 2.74. The van der Waals surface area contributed by atoms with E-state index in [0.717, 1.165) is 5.69 Å². The van der Waals surface area contributed by atoms with E-state index in [0.29, 0.717) is 16.3 Å². The van der Waals surface area contributed by atoms with Crippen molar-refractivity contribution in [3.63, 3.8) is 0 Å². The molecule has 1 atom stereocenters. The summed E-state index contributed by atoms with van der Waals surface area (Å²) in [5.74, 6) is -0.208. The first-order valence-corrected chi connectivity index (χ1v) is 6.22. The highest BCUT2D eigenvalue weighted by Crippen LogP contribution is 2.20. The number of halogens is 1. The van der Waals surface area contributed by atoms with Crippen LogP contribution < -0.4 is 11.1 Å². The minimum Gasteiger partial charge on any atom is -0.398 e. The molecular formula is C14H14ClN3O. The van der Waals surface area contributed by atoms with Crippen molar-refractivity contribution in [2.75, 3.05) is 5.73 Å². The van der Waals surface area contributed by atoms with Crippen LogP contribution in [0.15, 0.2) is 42.6 Å². The minimum absolute atomic E-state index is 0.176. The van der Waals surface area contributed by atoms with Gasteiger partial charge in [0.25, 0.3) is 5.91 Å². The number of pyridine rings is 1. The Morgan fingerprint density at radius 1 is 1.37 bits per heavy atom. The Morgan fingerprint density at radius 2 is 2.16 bits per heavy atom. The predicted octanol–water partition coefficient (Wildman–Crippen LogP) is 2.81. The average Bonchev–Trinajstić information content (AvgIpc) is 2.42. The molecular weight excluding hydrogens is 262 g/mol. The minimum atomic E-state index is -0.208. The van der Waals surface area contributed by atoms with Gasteiger partial charge in [-0.15, -0.1) is 0 Å². The van der Waals surface area contributed by atoms with Gasteiger partial charge in [-0.25, -0.2) is 0 Å². The Balaban J connectivity index is 2.11. The average molecular weight is 276 g/mol. The summed E-state index contributed by atoms with van der Waals surface area (Å²) in [6.45, 7) is 1.87. The standard InChI is InChI=1S/C14H14ClN3O/c1-9(13-4-2-3-7-17-13)18-14(19)10-5-6-12(16)11(15)8-10/h2-9H,16H2,1H3,(H,18,19). The molecule has 98 valence electrons. The van der Waals surface area contributed by atoms with Crippen LogP contribution in [-0.2, 0) is 0 Å². The summed E-state index contributed by atoms with van der Waals surface area (Å²) < 4.78 is 0. The van der Waals surface area contributed by atoms with E-state index < -0.39 is 0 Å². The Kier molecular flexibility index (Phi) is 4.02. The number of nitrogens with zero attached hydrogens (tertiary/aromatic N) is 1. The van der Waals surface area contributed by atoms with Gasteiger partial charge in [0.05, 0.1) is 22.4 Å².